The summed E-state index contributed by atoms with van der Waals surface area (Å²) in [4.78, 5) is 10.5. The minimum atomic E-state index is -0.877. The Morgan fingerprint density at radius 1 is 1.47 bits per heavy atom. The third-order valence-corrected chi connectivity index (χ3v) is 1.94. The molecule has 0 heterocycles. The molecule has 1 atom stereocenters. The number of nitrogens with two attached hydrogens (primary N) is 1. The molecular weight excluding hydrogens is 218 g/mol. The number of carbonyl (C=O) groups is 1. The number of rotatable bonds is 5. The van der Waals surface area contributed by atoms with Crippen LogP contribution in [0.25, 0.3) is 0 Å². The van der Waals surface area contributed by atoms with Crippen molar-refractivity contribution < 1.29 is 14.6 Å². The van der Waals surface area contributed by atoms with Crippen molar-refractivity contribution in [2.24, 2.45) is 5.73 Å². The van der Waals surface area contributed by atoms with Crippen molar-refractivity contribution in [3.63, 3.8) is 0 Å². The zero-order valence-corrected chi connectivity index (χ0v) is 8.78. The molecule has 0 aliphatic carbocycles. The molecule has 0 saturated heterocycles. The van der Waals surface area contributed by atoms with Gasteiger partial charge in [-0.25, -0.2) is 0 Å². The molecule has 0 bridgehead atoms. The van der Waals surface area contributed by atoms with Crippen molar-refractivity contribution in [1.29, 1.82) is 0 Å². The second-order valence-corrected chi connectivity index (χ2v) is 3.53. The molecule has 0 saturated carbocycles. The van der Waals surface area contributed by atoms with E-state index in [1.54, 1.807) is 24.3 Å². The molecule has 0 aromatic heterocycles. The lowest BCUT2D eigenvalue weighted by atomic mass is 10.2. The SMILES string of the molecule is NC(=O)C[C@@H](O)COc1ccc(Cl)cc1. The van der Waals surface area contributed by atoms with Crippen LogP contribution >= 0.6 is 11.6 Å². The van der Waals surface area contributed by atoms with Crippen molar-refractivity contribution >= 4 is 17.5 Å². The van der Waals surface area contributed by atoms with Crippen LogP contribution in [-0.4, -0.2) is 23.7 Å². The minimum Gasteiger partial charge on any atom is -0.491 e. The Morgan fingerprint density at radius 3 is 2.60 bits per heavy atom. The normalized spacial score (nSPS) is 12.1. The number of aliphatic hydroxyl groups is 1. The van der Waals surface area contributed by atoms with E-state index in [0.29, 0.717) is 10.8 Å². The van der Waals surface area contributed by atoms with Gasteiger partial charge in [0.05, 0.1) is 12.5 Å². The summed E-state index contributed by atoms with van der Waals surface area (Å²) in [6.07, 6.45) is -0.980. The van der Waals surface area contributed by atoms with Crippen molar-refractivity contribution in [1.82, 2.24) is 0 Å². The number of benzene rings is 1. The van der Waals surface area contributed by atoms with Crippen LogP contribution in [0.3, 0.4) is 0 Å². The van der Waals surface area contributed by atoms with E-state index in [1.807, 2.05) is 0 Å². The lowest BCUT2D eigenvalue weighted by Crippen LogP contribution is -2.25. The molecule has 0 spiro atoms. The van der Waals surface area contributed by atoms with E-state index in [4.69, 9.17) is 22.1 Å². The predicted molar refractivity (Wildman–Crippen MR) is 56.8 cm³/mol. The summed E-state index contributed by atoms with van der Waals surface area (Å²) in [5.41, 5.74) is 4.91. The third kappa shape index (κ3) is 4.67. The number of carbonyl (C=O) groups excluding carboxylic acids is 1. The highest BCUT2D eigenvalue weighted by Crippen LogP contribution is 2.15. The largest absolute Gasteiger partial charge is 0.491 e. The Hall–Kier alpha value is -1.26. The van der Waals surface area contributed by atoms with Gasteiger partial charge in [0, 0.05) is 5.02 Å². The third-order valence-electron chi connectivity index (χ3n) is 1.69. The smallest absolute Gasteiger partial charge is 0.220 e. The van der Waals surface area contributed by atoms with Gasteiger partial charge in [0.25, 0.3) is 0 Å². The van der Waals surface area contributed by atoms with Crippen LogP contribution in [0.1, 0.15) is 6.42 Å². The number of ether oxygens (including phenoxy) is 1. The van der Waals surface area contributed by atoms with Crippen molar-refractivity contribution in [2.45, 2.75) is 12.5 Å². The maximum atomic E-state index is 10.5. The summed E-state index contributed by atoms with van der Waals surface area (Å²) in [6.45, 7) is 0.0323. The van der Waals surface area contributed by atoms with E-state index in [0.717, 1.165) is 0 Å². The van der Waals surface area contributed by atoms with Gasteiger partial charge in [-0.05, 0) is 24.3 Å². The molecule has 1 aromatic carbocycles. The number of halogens is 1. The lowest BCUT2D eigenvalue weighted by molar-refractivity contribution is -0.120. The van der Waals surface area contributed by atoms with Crippen LogP contribution < -0.4 is 10.5 Å². The molecule has 5 heteroatoms. The first-order valence-corrected chi connectivity index (χ1v) is 4.80. The van der Waals surface area contributed by atoms with Gasteiger partial charge in [-0.2, -0.15) is 0 Å². The molecule has 1 aromatic rings. The van der Waals surface area contributed by atoms with E-state index in [-0.39, 0.29) is 13.0 Å². The summed E-state index contributed by atoms with van der Waals surface area (Å²) in [7, 11) is 0. The van der Waals surface area contributed by atoms with E-state index in [1.165, 1.54) is 0 Å². The second kappa shape index (κ2) is 5.58. The molecule has 0 aliphatic rings. The zero-order valence-electron chi connectivity index (χ0n) is 8.02. The molecule has 1 amide bonds. The summed E-state index contributed by atoms with van der Waals surface area (Å²) in [5, 5.41) is 9.89. The lowest BCUT2D eigenvalue weighted by Gasteiger charge is -2.10. The van der Waals surface area contributed by atoms with Crippen LogP contribution in [0, 0.1) is 0 Å². The van der Waals surface area contributed by atoms with E-state index < -0.39 is 12.0 Å². The minimum absolute atomic E-state index is 0.0323. The monoisotopic (exact) mass is 229 g/mol. The van der Waals surface area contributed by atoms with E-state index in [9.17, 15) is 9.90 Å². The average Bonchev–Trinajstić information content (AvgIpc) is 2.16. The molecule has 0 fully saturated rings. The Balaban J connectivity index is 2.36. The second-order valence-electron chi connectivity index (χ2n) is 3.09. The molecule has 0 unspecified atom stereocenters. The van der Waals surface area contributed by atoms with Gasteiger partial charge >= 0.3 is 0 Å². The van der Waals surface area contributed by atoms with Gasteiger partial charge in [-0.1, -0.05) is 11.6 Å². The maximum absolute atomic E-state index is 10.5. The quantitative estimate of drug-likeness (QED) is 0.790. The standard InChI is InChI=1S/C10H12ClNO3/c11-7-1-3-9(4-2-7)15-6-8(13)5-10(12)14/h1-4,8,13H,5-6H2,(H2,12,14)/t8-/m1/s1. The highest BCUT2D eigenvalue weighted by molar-refractivity contribution is 6.30. The molecule has 1 rings (SSSR count). The number of amides is 1. The van der Waals surface area contributed by atoms with Gasteiger partial charge in [0.1, 0.15) is 12.4 Å². The van der Waals surface area contributed by atoms with Gasteiger partial charge in [-0.15, -0.1) is 0 Å². The van der Waals surface area contributed by atoms with Crippen molar-refractivity contribution in [3.8, 4) is 5.75 Å². The number of primary amides is 1. The zero-order chi connectivity index (χ0) is 11.3. The molecule has 0 radical (unpaired) electrons. The average molecular weight is 230 g/mol. The van der Waals surface area contributed by atoms with Crippen LogP contribution in [0.4, 0.5) is 0 Å². The molecule has 0 aliphatic heterocycles. The molecule has 4 nitrogen and oxygen atoms in total. The van der Waals surface area contributed by atoms with Crippen molar-refractivity contribution in [2.75, 3.05) is 6.61 Å². The Morgan fingerprint density at radius 2 is 2.07 bits per heavy atom. The maximum Gasteiger partial charge on any atom is 0.220 e. The summed E-state index contributed by atoms with van der Waals surface area (Å²) >= 11 is 5.68. The molecule has 3 N–H and O–H groups in total. The number of hydrogen-bond acceptors (Lipinski definition) is 3. The first-order valence-electron chi connectivity index (χ1n) is 4.42. The highest BCUT2D eigenvalue weighted by atomic mass is 35.5. The van der Waals surface area contributed by atoms with E-state index in [2.05, 4.69) is 0 Å². The fourth-order valence-electron chi connectivity index (χ4n) is 1.01. The van der Waals surface area contributed by atoms with Gasteiger partial charge in [-0.3, -0.25) is 4.79 Å². The summed E-state index contributed by atoms with van der Waals surface area (Å²) in [5.74, 6) is 0.0325. The van der Waals surface area contributed by atoms with Crippen LogP contribution in [0.15, 0.2) is 24.3 Å². The summed E-state index contributed by atoms with van der Waals surface area (Å²) < 4.78 is 5.21. The van der Waals surface area contributed by atoms with Crippen LogP contribution in [0.2, 0.25) is 5.02 Å². The van der Waals surface area contributed by atoms with Gasteiger partial charge < -0.3 is 15.6 Å². The summed E-state index contributed by atoms with van der Waals surface area (Å²) in [6, 6.07) is 6.72. The number of hydrogen-bond donors (Lipinski definition) is 2. The van der Waals surface area contributed by atoms with Gasteiger partial charge in [0.15, 0.2) is 0 Å². The fourth-order valence-corrected chi connectivity index (χ4v) is 1.14. The first kappa shape index (κ1) is 11.8. The van der Waals surface area contributed by atoms with Gasteiger partial charge in [0.2, 0.25) is 5.91 Å². The Labute approximate surface area is 92.6 Å². The molecular formula is C10H12ClNO3. The number of aliphatic hydroxyl groups excluding tert-OH is 1. The van der Waals surface area contributed by atoms with Crippen molar-refractivity contribution in [3.05, 3.63) is 29.3 Å². The highest BCUT2D eigenvalue weighted by Gasteiger charge is 2.08. The molecule has 15 heavy (non-hydrogen) atoms. The predicted octanol–water partition coefficient (Wildman–Crippen LogP) is 0.955. The Bertz CT molecular complexity index is 326. The van der Waals surface area contributed by atoms with Crippen LogP contribution in [0.5, 0.6) is 5.75 Å². The van der Waals surface area contributed by atoms with E-state index >= 15 is 0 Å². The fraction of sp³-hybridized carbons (Fsp3) is 0.300. The van der Waals surface area contributed by atoms with Crippen LogP contribution in [-0.2, 0) is 4.79 Å². The topological polar surface area (TPSA) is 72.6 Å². The molecule has 82 valence electrons. The Kier molecular flexibility index (Phi) is 4.39. The first-order chi connectivity index (χ1) is 7.08.